The van der Waals surface area contributed by atoms with Gasteiger partial charge in [0, 0.05) is 24.5 Å². The zero-order chi connectivity index (χ0) is 17.9. The number of ketones is 1. The number of aromatic amines is 1. The summed E-state index contributed by atoms with van der Waals surface area (Å²) < 4.78 is 0. The Morgan fingerprint density at radius 3 is 2.50 bits per heavy atom. The van der Waals surface area contributed by atoms with Crippen molar-refractivity contribution in [3.8, 4) is 0 Å². The molecule has 0 radical (unpaired) electrons. The van der Waals surface area contributed by atoms with E-state index in [1.807, 2.05) is 32.0 Å². The number of H-pyrrole nitrogens is 1. The van der Waals surface area contributed by atoms with E-state index in [1.165, 1.54) is 24.1 Å². The van der Waals surface area contributed by atoms with E-state index in [0.717, 1.165) is 16.8 Å². The minimum absolute atomic E-state index is 0.0827. The van der Waals surface area contributed by atoms with Gasteiger partial charge in [-0.2, -0.15) is 0 Å². The average molecular weight is 327 g/mol. The largest absolute Gasteiger partial charge is 0.356 e. The van der Waals surface area contributed by atoms with Crippen LogP contribution in [0.4, 0.5) is 5.69 Å². The SMILES string of the molecule is CC(=O)c1c[nH]c(C(=O)N(C)CC(=O)Nc2cc(C)ccc2C)c1. The molecule has 2 aromatic rings. The van der Waals surface area contributed by atoms with Crippen LogP contribution in [0.1, 0.15) is 38.9 Å². The van der Waals surface area contributed by atoms with E-state index in [0.29, 0.717) is 5.56 Å². The van der Waals surface area contributed by atoms with Crippen molar-refractivity contribution >= 4 is 23.3 Å². The summed E-state index contributed by atoms with van der Waals surface area (Å²) in [6.07, 6.45) is 1.49. The number of hydrogen-bond acceptors (Lipinski definition) is 3. The minimum Gasteiger partial charge on any atom is -0.356 e. The summed E-state index contributed by atoms with van der Waals surface area (Å²) >= 11 is 0. The highest BCUT2D eigenvalue weighted by Gasteiger charge is 2.18. The maximum atomic E-state index is 12.3. The Morgan fingerprint density at radius 2 is 1.88 bits per heavy atom. The van der Waals surface area contributed by atoms with Gasteiger partial charge < -0.3 is 15.2 Å². The lowest BCUT2D eigenvalue weighted by Gasteiger charge is -2.17. The molecule has 1 aromatic carbocycles. The van der Waals surface area contributed by atoms with Gasteiger partial charge in [-0.05, 0) is 44.0 Å². The third-order valence-corrected chi connectivity index (χ3v) is 3.71. The summed E-state index contributed by atoms with van der Waals surface area (Å²) in [5.41, 5.74) is 3.45. The van der Waals surface area contributed by atoms with E-state index >= 15 is 0 Å². The molecule has 2 rings (SSSR count). The number of carbonyl (C=O) groups excluding carboxylic acids is 3. The fourth-order valence-electron chi connectivity index (χ4n) is 2.27. The summed E-state index contributed by atoms with van der Waals surface area (Å²) in [7, 11) is 1.54. The molecule has 126 valence electrons. The number of nitrogens with zero attached hydrogens (tertiary/aromatic N) is 1. The Bertz CT molecular complexity index is 793. The first-order valence-corrected chi connectivity index (χ1v) is 7.60. The summed E-state index contributed by atoms with van der Waals surface area (Å²) in [5.74, 6) is -0.753. The van der Waals surface area contributed by atoms with Crippen LogP contribution < -0.4 is 5.32 Å². The van der Waals surface area contributed by atoms with Gasteiger partial charge in [-0.1, -0.05) is 12.1 Å². The molecule has 0 bridgehead atoms. The van der Waals surface area contributed by atoms with Gasteiger partial charge in [0.05, 0.1) is 6.54 Å². The van der Waals surface area contributed by atoms with E-state index in [9.17, 15) is 14.4 Å². The smallest absolute Gasteiger partial charge is 0.270 e. The molecule has 0 unspecified atom stereocenters. The van der Waals surface area contributed by atoms with Crippen LogP contribution in [-0.2, 0) is 4.79 Å². The van der Waals surface area contributed by atoms with Gasteiger partial charge in [0.1, 0.15) is 5.69 Å². The number of anilines is 1. The fourth-order valence-corrected chi connectivity index (χ4v) is 2.27. The monoisotopic (exact) mass is 327 g/mol. The highest BCUT2D eigenvalue weighted by atomic mass is 16.2. The lowest BCUT2D eigenvalue weighted by atomic mass is 10.1. The van der Waals surface area contributed by atoms with Gasteiger partial charge in [0.15, 0.2) is 5.78 Å². The number of benzene rings is 1. The quantitative estimate of drug-likeness (QED) is 0.828. The first kappa shape index (κ1) is 17.5. The van der Waals surface area contributed by atoms with Crippen molar-refractivity contribution in [2.75, 3.05) is 18.9 Å². The number of aryl methyl sites for hydroxylation is 2. The van der Waals surface area contributed by atoms with E-state index in [2.05, 4.69) is 10.3 Å². The van der Waals surface area contributed by atoms with Crippen LogP contribution in [0.2, 0.25) is 0 Å². The maximum Gasteiger partial charge on any atom is 0.270 e. The Kier molecular flexibility index (Phi) is 5.18. The molecule has 0 spiro atoms. The minimum atomic E-state index is -0.349. The molecule has 2 amide bonds. The number of likely N-dealkylation sites (N-methyl/N-ethyl adjacent to an activating group) is 1. The molecule has 0 atom stereocenters. The van der Waals surface area contributed by atoms with Crippen molar-refractivity contribution in [2.45, 2.75) is 20.8 Å². The van der Waals surface area contributed by atoms with E-state index in [1.54, 1.807) is 7.05 Å². The van der Waals surface area contributed by atoms with Crippen LogP contribution in [0.25, 0.3) is 0 Å². The molecular formula is C18H21N3O3. The van der Waals surface area contributed by atoms with Gasteiger partial charge in [-0.25, -0.2) is 0 Å². The molecule has 1 aromatic heterocycles. The van der Waals surface area contributed by atoms with Crippen LogP contribution in [0.5, 0.6) is 0 Å². The molecule has 0 fully saturated rings. The maximum absolute atomic E-state index is 12.3. The molecule has 6 heteroatoms. The Balaban J connectivity index is 2.01. The van der Waals surface area contributed by atoms with Gasteiger partial charge in [0.25, 0.3) is 5.91 Å². The van der Waals surface area contributed by atoms with Crippen LogP contribution in [-0.4, -0.2) is 41.1 Å². The highest BCUT2D eigenvalue weighted by Crippen LogP contribution is 2.16. The number of Topliss-reactive ketones (excluding diaryl/α,β-unsaturated/α-hetero) is 1. The summed E-state index contributed by atoms with van der Waals surface area (Å²) in [6, 6.07) is 7.28. The number of carbonyl (C=O) groups is 3. The zero-order valence-electron chi connectivity index (χ0n) is 14.3. The van der Waals surface area contributed by atoms with Gasteiger partial charge in [-0.15, -0.1) is 0 Å². The molecule has 6 nitrogen and oxygen atoms in total. The van der Waals surface area contributed by atoms with Crippen molar-refractivity contribution in [1.82, 2.24) is 9.88 Å². The Hall–Kier alpha value is -2.89. The van der Waals surface area contributed by atoms with Crippen molar-refractivity contribution in [2.24, 2.45) is 0 Å². The number of aromatic nitrogens is 1. The lowest BCUT2D eigenvalue weighted by molar-refractivity contribution is -0.116. The predicted molar refractivity (Wildman–Crippen MR) is 92.3 cm³/mol. The first-order valence-electron chi connectivity index (χ1n) is 7.60. The first-order chi connectivity index (χ1) is 11.3. The van der Waals surface area contributed by atoms with Gasteiger partial charge in [-0.3, -0.25) is 14.4 Å². The number of rotatable bonds is 5. The van der Waals surface area contributed by atoms with Crippen LogP contribution >= 0.6 is 0 Å². The molecule has 1 heterocycles. The standard InChI is InChI=1S/C18H21N3O3/c1-11-5-6-12(2)15(7-11)20-17(23)10-21(4)18(24)16-8-14(9-19-16)13(3)22/h5-9,19H,10H2,1-4H3,(H,20,23). The highest BCUT2D eigenvalue weighted by molar-refractivity contribution is 6.01. The van der Waals surface area contributed by atoms with Crippen LogP contribution in [0.15, 0.2) is 30.5 Å². The number of hydrogen-bond donors (Lipinski definition) is 2. The van der Waals surface area contributed by atoms with E-state index in [4.69, 9.17) is 0 Å². The van der Waals surface area contributed by atoms with Crippen molar-refractivity contribution in [1.29, 1.82) is 0 Å². The lowest BCUT2D eigenvalue weighted by Crippen LogP contribution is -2.35. The third kappa shape index (κ3) is 4.10. The molecule has 24 heavy (non-hydrogen) atoms. The zero-order valence-corrected chi connectivity index (χ0v) is 14.3. The molecule has 0 aliphatic carbocycles. The van der Waals surface area contributed by atoms with Crippen molar-refractivity contribution in [3.05, 3.63) is 52.8 Å². The molecule has 0 saturated carbocycles. The number of nitrogens with one attached hydrogen (secondary N) is 2. The molecule has 0 aliphatic heterocycles. The van der Waals surface area contributed by atoms with Crippen molar-refractivity contribution in [3.63, 3.8) is 0 Å². The average Bonchev–Trinajstić information content (AvgIpc) is 3.00. The van der Waals surface area contributed by atoms with E-state index in [-0.39, 0.29) is 29.8 Å². The molecule has 0 saturated heterocycles. The van der Waals surface area contributed by atoms with Crippen LogP contribution in [0, 0.1) is 13.8 Å². The second-order valence-electron chi connectivity index (χ2n) is 5.89. The summed E-state index contributed by atoms with van der Waals surface area (Å²) in [4.78, 5) is 39.8. The second-order valence-corrected chi connectivity index (χ2v) is 5.89. The topological polar surface area (TPSA) is 82.3 Å². The van der Waals surface area contributed by atoms with Gasteiger partial charge in [0.2, 0.25) is 5.91 Å². The Morgan fingerprint density at radius 1 is 1.17 bits per heavy atom. The van der Waals surface area contributed by atoms with E-state index < -0.39 is 0 Å². The summed E-state index contributed by atoms with van der Waals surface area (Å²) in [6.45, 7) is 5.20. The normalized spacial score (nSPS) is 10.3. The third-order valence-electron chi connectivity index (χ3n) is 3.71. The second kappa shape index (κ2) is 7.12. The van der Waals surface area contributed by atoms with Crippen molar-refractivity contribution < 1.29 is 14.4 Å². The molecule has 2 N–H and O–H groups in total. The molecular weight excluding hydrogens is 306 g/mol. The van der Waals surface area contributed by atoms with Gasteiger partial charge >= 0.3 is 0 Å². The predicted octanol–water partition coefficient (Wildman–Crippen LogP) is 2.54. The fraction of sp³-hybridized carbons (Fsp3) is 0.278. The number of amides is 2. The Labute approximate surface area is 140 Å². The summed E-state index contributed by atoms with van der Waals surface area (Å²) in [5, 5.41) is 2.81. The molecule has 0 aliphatic rings. The van der Waals surface area contributed by atoms with Crippen LogP contribution in [0.3, 0.4) is 0 Å².